The Morgan fingerprint density at radius 3 is 2.48 bits per heavy atom. The molecule has 7 heteroatoms. The second-order valence-electron chi connectivity index (χ2n) is 7.21. The number of aliphatic hydroxyl groups is 1. The molecule has 0 amide bonds. The lowest BCUT2D eigenvalue weighted by Gasteiger charge is -2.38. The molecule has 2 heterocycles. The quantitative estimate of drug-likeness (QED) is 0.464. The number of carbonyl (C=O) groups is 1. The summed E-state index contributed by atoms with van der Waals surface area (Å²) in [6, 6.07) is 18.6. The number of alkyl halides is 1. The Hall–Kier alpha value is -1.73. The van der Waals surface area contributed by atoms with Crippen LogP contribution in [0, 0.1) is 0 Å². The molecule has 1 N–H and O–H groups in total. The number of halogens is 3. The van der Waals surface area contributed by atoms with E-state index in [0.717, 1.165) is 10.0 Å². The smallest absolute Gasteiger partial charge is 0.214 e. The SMILES string of the molecule is O=C1C(Br)[C@@H](c2ccccc2)[C@]2(c3ccc(Br)cc3)Oc3cc(Cl)cnc3[C@]12O. The Bertz CT molecular complexity index is 1120. The van der Waals surface area contributed by atoms with Crippen molar-refractivity contribution in [3.05, 3.63) is 93.2 Å². The second-order valence-corrected chi connectivity index (χ2v) is 9.55. The molecule has 0 radical (unpaired) electrons. The Morgan fingerprint density at radius 2 is 1.79 bits per heavy atom. The van der Waals surface area contributed by atoms with Crippen molar-refractivity contribution < 1.29 is 14.6 Å². The molecule has 29 heavy (non-hydrogen) atoms. The Kier molecular flexibility index (Phi) is 4.41. The zero-order valence-electron chi connectivity index (χ0n) is 14.9. The summed E-state index contributed by atoms with van der Waals surface area (Å²) in [5.41, 5.74) is -1.60. The van der Waals surface area contributed by atoms with E-state index in [9.17, 15) is 9.90 Å². The number of hydrogen-bond donors (Lipinski definition) is 1. The van der Waals surface area contributed by atoms with Crippen LogP contribution in [0.3, 0.4) is 0 Å². The minimum Gasteiger partial charge on any atom is -0.476 e. The zero-order valence-corrected chi connectivity index (χ0v) is 18.8. The van der Waals surface area contributed by atoms with E-state index in [1.165, 1.54) is 6.20 Å². The van der Waals surface area contributed by atoms with E-state index in [4.69, 9.17) is 16.3 Å². The van der Waals surface area contributed by atoms with E-state index >= 15 is 0 Å². The summed E-state index contributed by atoms with van der Waals surface area (Å²) in [6.07, 6.45) is 1.42. The lowest BCUT2D eigenvalue weighted by molar-refractivity contribution is -0.151. The summed E-state index contributed by atoms with van der Waals surface area (Å²) in [7, 11) is 0. The third-order valence-electron chi connectivity index (χ3n) is 5.74. The molecule has 1 aliphatic carbocycles. The number of rotatable bonds is 2. The van der Waals surface area contributed by atoms with Gasteiger partial charge in [-0.2, -0.15) is 0 Å². The van der Waals surface area contributed by atoms with Crippen LogP contribution >= 0.6 is 43.5 Å². The monoisotopic (exact) mass is 533 g/mol. The fourth-order valence-corrected chi connectivity index (χ4v) is 5.97. The lowest BCUT2D eigenvalue weighted by Crippen LogP contribution is -2.51. The van der Waals surface area contributed by atoms with Crippen LogP contribution in [0.2, 0.25) is 5.02 Å². The molecular weight excluding hydrogens is 522 g/mol. The van der Waals surface area contributed by atoms with E-state index in [1.54, 1.807) is 6.07 Å². The number of aromatic nitrogens is 1. The molecule has 0 bridgehead atoms. The molecule has 2 aliphatic rings. The topological polar surface area (TPSA) is 59.4 Å². The fraction of sp³-hybridized carbons (Fsp3) is 0.182. The van der Waals surface area contributed by atoms with Gasteiger partial charge in [-0.25, -0.2) is 0 Å². The van der Waals surface area contributed by atoms with Crippen molar-refractivity contribution in [1.29, 1.82) is 0 Å². The summed E-state index contributed by atoms with van der Waals surface area (Å²) < 4.78 is 7.36. The van der Waals surface area contributed by atoms with Gasteiger partial charge in [0.05, 0.1) is 15.8 Å². The number of ether oxygens (including phenoxy) is 1. The van der Waals surface area contributed by atoms with Crippen LogP contribution in [-0.2, 0) is 16.0 Å². The van der Waals surface area contributed by atoms with Gasteiger partial charge in [-0.1, -0.05) is 85.9 Å². The first-order chi connectivity index (χ1) is 13.9. The van der Waals surface area contributed by atoms with Gasteiger partial charge >= 0.3 is 0 Å². The molecule has 4 atom stereocenters. The number of nitrogens with zero attached hydrogens (tertiary/aromatic N) is 1. The Balaban J connectivity index is 1.85. The first kappa shape index (κ1) is 19.2. The van der Waals surface area contributed by atoms with Crippen molar-refractivity contribution in [3.63, 3.8) is 0 Å². The highest BCUT2D eigenvalue weighted by atomic mass is 79.9. The van der Waals surface area contributed by atoms with E-state index in [-0.39, 0.29) is 11.5 Å². The molecule has 1 aliphatic heterocycles. The third-order valence-corrected chi connectivity index (χ3v) is 7.42. The average Bonchev–Trinajstić information content (AvgIpc) is 3.07. The van der Waals surface area contributed by atoms with E-state index in [2.05, 4.69) is 36.8 Å². The molecule has 0 spiro atoms. The predicted octanol–water partition coefficient (Wildman–Crippen LogP) is 5.10. The third kappa shape index (κ3) is 2.46. The van der Waals surface area contributed by atoms with Crippen LogP contribution in [0.25, 0.3) is 0 Å². The first-order valence-corrected chi connectivity index (χ1v) is 11.0. The van der Waals surface area contributed by atoms with Gasteiger partial charge in [0.1, 0.15) is 11.4 Å². The number of benzene rings is 2. The van der Waals surface area contributed by atoms with E-state index < -0.39 is 21.9 Å². The number of fused-ring (bicyclic) bond motifs is 3. The van der Waals surface area contributed by atoms with Crippen molar-refractivity contribution in [2.45, 2.75) is 21.9 Å². The highest BCUT2D eigenvalue weighted by Gasteiger charge is 2.77. The van der Waals surface area contributed by atoms with Gasteiger partial charge in [-0.05, 0) is 23.3 Å². The standard InChI is InChI=1S/C22H14Br2ClNO3/c23-14-8-6-13(7-9-14)22-17(12-4-2-1-3-5-12)18(24)20(27)21(22,28)19-16(29-22)10-15(25)11-26-19/h1-11,17-18,28H/t17-,18?,21+,22+/m1/s1. The van der Waals surface area contributed by atoms with Crippen LogP contribution < -0.4 is 4.74 Å². The molecule has 2 aromatic carbocycles. The highest BCUT2D eigenvalue weighted by molar-refractivity contribution is 9.10. The van der Waals surface area contributed by atoms with Gasteiger partial charge in [0, 0.05) is 16.7 Å². The van der Waals surface area contributed by atoms with Crippen LogP contribution in [0.15, 0.2) is 71.3 Å². The van der Waals surface area contributed by atoms with Crippen molar-refractivity contribution in [1.82, 2.24) is 4.98 Å². The van der Waals surface area contributed by atoms with Crippen LogP contribution in [0.5, 0.6) is 5.75 Å². The molecule has 5 rings (SSSR count). The molecule has 0 saturated heterocycles. The molecule has 1 saturated carbocycles. The Morgan fingerprint density at radius 1 is 1.10 bits per heavy atom. The molecule has 146 valence electrons. The van der Waals surface area contributed by atoms with Gasteiger partial charge in [-0.15, -0.1) is 0 Å². The number of Topliss-reactive ketones (excluding diaryl/α,β-unsaturated/α-hetero) is 1. The van der Waals surface area contributed by atoms with Crippen molar-refractivity contribution >= 4 is 49.2 Å². The highest BCUT2D eigenvalue weighted by Crippen LogP contribution is 2.66. The summed E-state index contributed by atoms with van der Waals surface area (Å²) in [4.78, 5) is 17.2. The van der Waals surface area contributed by atoms with Gasteiger partial charge in [-0.3, -0.25) is 9.78 Å². The molecule has 1 fully saturated rings. The predicted molar refractivity (Wildman–Crippen MR) is 116 cm³/mol. The molecular formula is C22H14Br2ClNO3. The first-order valence-electron chi connectivity index (χ1n) is 8.96. The van der Waals surface area contributed by atoms with Gasteiger partial charge < -0.3 is 9.84 Å². The minimum atomic E-state index is -1.96. The fourth-order valence-electron chi connectivity index (χ4n) is 4.55. The molecule has 4 nitrogen and oxygen atoms in total. The molecule has 1 unspecified atom stereocenters. The van der Waals surface area contributed by atoms with Crippen molar-refractivity contribution in [2.24, 2.45) is 0 Å². The summed E-state index contributed by atoms with van der Waals surface area (Å²) >= 11 is 13.1. The number of carbonyl (C=O) groups excluding carboxylic acids is 1. The van der Waals surface area contributed by atoms with E-state index in [0.29, 0.717) is 16.3 Å². The van der Waals surface area contributed by atoms with Gasteiger partial charge in [0.15, 0.2) is 11.4 Å². The minimum absolute atomic E-state index is 0.192. The maximum absolute atomic E-state index is 13.5. The lowest BCUT2D eigenvalue weighted by atomic mass is 9.72. The summed E-state index contributed by atoms with van der Waals surface area (Å²) in [5.74, 6) is -0.560. The maximum Gasteiger partial charge on any atom is 0.214 e. The largest absolute Gasteiger partial charge is 0.476 e. The number of pyridine rings is 1. The normalized spacial score (nSPS) is 30.0. The van der Waals surface area contributed by atoms with Gasteiger partial charge in [0.2, 0.25) is 5.60 Å². The molecule has 3 aromatic rings. The van der Waals surface area contributed by atoms with Crippen molar-refractivity contribution in [2.75, 3.05) is 0 Å². The van der Waals surface area contributed by atoms with E-state index in [1.807, 2.05) is 54.6 Å². The summed E-state index contributed by atoms with van der Waals surface area (Å²) in [6.45, 7) is 0. The second kappa shape index (κ2) is 6.64. The van der Waals surface area contributed by atoms with Crippen LogP contribution in [-0.4, -0.2) is 20.7 Å². The zero-order chi connectivity index (χ0) is 20.4. The van der Waals surface area contributed by atoms with Crippen molar-refractivity contribution in [3.8, 4) is 5.75 Å². The van der Waals surface area contributed by atoms with Gasteiger partial charge in [0.25, 0.3) is 0 Å². The van der Waals surface area contributed by atoms with Crippen LogP contribution in [0.4, 0.5) is 0 Å². The number of hydrogen-bond acceptors (Lipinski definition) is 4. The molecule has 1 aromatic heterocycles. The summed E-state index contributed by atoms with van der Waals surface area (Å²) in [5, 5.41) is 12.4. The van der Waals surface area contributed by atoms with Crippen LogP contribution in [0.1, 0.15) is 22.7 Å². The number of ketones is 1. The maximum atomic E-state index is 13.5. The Labute approximate surface area is 189 Å². The average molecular weight is 536 g/mol.